The van der Waals surface area contributed by atoms with Crippen molar-refractivity contribution in [2.75, 3.05) is 26.2 Å². The molecule has 172 valence electrons. The van der Waals surface area contributed by atoms with Crippen molar-refractivity contribution in [3.05, 3.63) is 53.3 Å². The van der Waals surface area contributed by atoms with Crippen molar-refractivity contribution < 1.29 is 9.84 Å². The van der Waals surface area contributed by atoms with Crippen molar-refractivity contribution in [1.82, 2.24) is 20.4 Å². The summed E-state index contributed by atoms with van der Waals surface area (Å²) in [5.41, 5.74) is 2.17. The highest BCUT2D eigenvalue weighted by molar-refractivity contribution is 14.0. The summed E-state index contributed by atoms with van der Waals surface area (Å²) in [6.07, 6.45) is 5.77. The van der Waals surface area contributed by atoms with Crippen LogP contribution in [0, 0.1) is 12.8 Å². The fourth-order valence-electron chi connectivity index (χ4n) is 3.77. The maximum atomic E-state index is 10.8. The summed E-state index contributed by atoms with van der Waals surface area (Å²) < 4.78 is 7.82. The second-order valence-corrected chi connectivity index (χ2v) is 8.36. The zero-order valence-corrected chi connectivity index (χ0v) is 21.3. The molecule has 0 saturated carbocycles. The van der Waals surface area contributed by atoms with Gasteiger partial charge in [-0.3, -0.25) is 4.68 Å². The second kappa shape index (κ2) is 11.8. The number of benzene rings is 1. The zero-order chi connectivity index (χ0) is 21.6. The summed E-state index contributed by atoms with van der Waals surface area (Å²) in [6, 6.07) is 8.62. The molecule has 1 aliphatic heterocycles. The van der Waals surface area contributed by atoms with E-state index in [1.54, 1.807) is 17.8 Å². The quantitative estimate of drug-likeness (QED) is 0.285. The van der Waals surface area contributed by atoms with Crippen LogP contribution in [0.1, 0.15) is 49.5 Å². The van der Waals surface area contributed by atoms with Gasteiger partial charge in [-0.05, 0) is 39.2 Å². The van der Waals surface area contributed by atoms with E-state index in [1.165, 1.54) is 11.1 Å². The Labute approximate surface area is 202 Å². The molecule has 7 nitrogen and oxygen atoms in total. The van der Waals surface area contributed by atoms with Crippen LogP contribution in [0.3, 0.4) is 0 Å². The van der Waals surface area contributed by atoms with Crippen molar-refractivity contribution in [3.8, 4) is 0 Å². The number of ether oxygens (including phenoxy) is 1. The average Bonchev–Trinajstić information content (AvgIpc) is 3.18. The Morgan fingerprint density at radius 1 is 1.32 bits per heavy atom. The molecular weight excluding hydrogens is 505 g/mol. The minimum atomic E-state index is -1.07. The Hall–Kier alpha value is -1.65. The molecule has 1 saturated heterocycles. The predicted molar refractivity (Wildman–Crippen MR) is 135 cm³/mol. The Kier molecular flexibility index (Phi) is 9.77. The van der Waals surface area contributed by atoms with Crippen molar-refractivity contribution in [1.29, 1.82) is 0 Å². The average molecular weight is 541 g/mol. The van der Waals surface area contributed by atoms with E-state index >= 15 is 0 Å². The number of guanidine groups is 1. The largest absolute Gasteiger partial charge is 0.383 e. The van der Waals surface area contributed by atoms with Crippen LogP contribution >= 0.6 is 24.0 Å². The van der Waals surface area contributed by atoms with E-state index in [4.69, 9.17) is 4.74 Å². The van der Waals surface area contributed by atoms with Crippen LogP contribution in [0.2, 0.25) is 0 Å². The first-order valence-corrected chi connectivity index (χ1v) is 10.8. The summed E-state index contributed by atoms with van der Waals surface area (Å²) in [5.74, 6) is 1.07. The highest BCUT2D eigenvalue weighted by Crippen LogP contribution is 2.33. The third-order valence-electron chi connectivity index (χ3n) is 5.60. The van der Waals surface area contributed by atoms with Gasteiger partial charge in [-0.15, -0.1) is 24.0 Å². The minimum absolute atomic E-state index is 0. The maximum absolute atomic E-state index is 10.8. The van der Waals surface area contributed by atoms with Crippen molar-refractivity contribution in [3.63, 3.8) is 0 Å². The summed E-state index contributed by atoms with van der Waals surface area (Å²) in [5, 5.41) is 21.7. The molecule has 3 rings (SSSR count). The number of hydrogen-bond donors (Lipinski definition) is 3. The van der Waals surface area contributed by atoms with Gasteiger partial charge in [0.05, 0.1) is 18.8 Å². The van der Waals surface area contributed by atoms with E-state index in [0.29, 0.717) is 11.9 Å². The van der Waals surface area contributed by atoms with Gasteiger partial charge < -0.3 is 20.5 Å². The van der Waals surface area contributed by atoms with Gasteiger partial charge in [0.2, 0.25) is 0 Å². The lowest BCUT2D eigenvalue weighted by Crippen LogP contribution is -2.42. The van der Waals surface area contributed by atoms with Crippen LogP contribution in [-0.4, -0.2) is 47.1 Å². The highest BCUT2D eigenvalue weighted by Gasteiger charge is 2.28. The second-order valence-electron chi connectivity index (χ2n) is 8.36. The van der Waals surface area contributed by atoms with Gasteiger partial charge in [0, 0.05) is 44.4 Å². The van der Waals surface area contributed by atoms with Crippen LogP contribution < -0.4 is 10.6 Å². The van der Waals surface area contributed by atoms with Crippen LogP contribution in [0.15, 0.2) is 41.7 Å². The van der Waals surface area contributed by atoms with E-state index in [1.807, 2.05) is 20.2 Å². The standard InChI is InChI=1S/C23H35N5O2.HI/c1-5-24-22(26-16-23(3,29)20-14-27-28(4)15-20)25-13-19-7-6-12-30-21(19)18-10-8-17(2)9-11-18;/h8-11,14-15,19,21,29H,5-7,12-13,16H2,1-4H3,(H2,24,25,26);1H. The lowest BCUT2D eigenvalue weighted by atomic mass is 9.89. The van der Waals surface area contributed by atoms with E-state index < -0.39 is 5.60 Å². The van der Waals surface area contributed by atoms with Gasteiger partial charge in [-0.2, -0.15) is 5.10 Å². The third kappa shape index (κ3) is 7.18. The Balaban J connectivity index is 0.00000341. The topological polar surface area (TPSA) is 83.7 Å². The number of hydrogen-bond acceptors (Lipinski definition) is 4. The zero-order valence-electron chi connectivity index (χ0n) is 19.0. The Bertz CT molecular complexity index is 835. The summed E-state index contributed by atoms with van der Waals surface area (Å²) in [4.78, 5) is 4.63. The SMILES string of the molecule is CCNC(=NCC(C)(O)c1cnn(C)c1)NCC1CCCOC1c1ccc(C)cc1.I. The first kappa shape index (κ1) is 25.6. The number of rotatable bonds is 7. The monoisotopic (exact) mass is 541 g/mol. The number of aliphatic hydroxyl groups is 1. The molecule has 1 aromatic heterocycles. The summed E-state index contributed by atoms with van der Waals surface area (Å²) in [6.45, 7) is 8.47. The molecule has 3 N–H and O–H groups in total. The van der Waals surface area contributed by atoms with Crippen molar-refractivity contribution in [2.45, 2.75) is 45.3 Å². The molecule has 0 amide bonds. The first-order valence-electron chi connectivity index (χ1n) is 10.8. The smallest absolute Gasteiger partial charge is 0.191 e. The van der Waals surface area contributed by atoms with Gasteiger partial charge in [-0.25, -0.2) is 4.99 Å². The fourth-order valence-corrected chi connectivity index (χ4v) is 3.77. The van der Waals surface area contributed by atoms with Gasteiger partial charge in [-0.1, -0.05) is 29.8 Å². The van der Waals surface area contributed by atoms with Gasteiger partial charge >= 0.3 is 0 Å². The van der Waals surface area contributed by atoms with Crippen molar-refractivity contribution in [2.24, 2.45) is 18.0 Å². The molecule has 0 spiro atoms. The lowest BCUT2D eigenvalue weighted by molar-refractivity contribution is -0.0265. The number of halogens is 1. The molecule has 3 atom stereocenters. The van der Waals surface area contributed by atoms with E-state index in [2.05, 4.69) is 51.9 Å². The highest BCUT2D eigenvalue weighted by atomic mass is 127. The van der Waals surface area contributed by atoms with Gasteiger partial charge in [0.15, 0.2) is 5.96 Å². The molecule has 0 radical (unpaired) electrons. The number of aliphatic imine (C=N–C) groups is 1. The molecule has 2 heterocycles. The lowest BCUT2D eigenvalue weighted by Gasteiger charge is -2.33. The maximum Gasteiger partial charge on any atom is 0.191 e. The number of nitrogens with one attached hydrogen (secondary N) is 2. The van der Waals surface area contributed by atoms with E-state index in [9.17, 15) is 5.11 Å². The summed E-state index contributed by atoms with van der Waals surface area (Å²) >= 11 is 0. The molecule has 8 heteroatoms. The molecule has 1 aliphatic rings. The Morgan fingerprint density at radius 3 is 2.71 bits per heavy atom. The van der Waals surface area contributed by atoms with Gasteiger partial charge in [0.25, 0.3) is 0 Å². The van der Waals surface area contributed by atoms with Crippen molar-refractivity contribution >= 4 is 29.9 Å². The van der Waals surface area contributed by atoms with Crippen LogP contribution in [0.5, 0.6) is 0 Å². The third-order valence-corrected chi connectivity index (χ3v) is 5.60. The summed E-state index contributed by atoms with van der Waals surface area (Å²) in [7, 11) is 1.84. The van der Waals surface area contributed by atoms with Gasteiger partial charge in [0.1, 0.15) is 5.60 Å². The van der Waals surface area contributed by atoms with Crippen LogP contribution in [-0.2, 0) is 17.4 Å². The molecule has 31 heavy (non-hydrogen) atoms. The Morgan fingerprint density at radius 2 is 2.06 bits per heavy atom. The fraction of sp³-hybridized carbons (Fsp3) is 0.565. The van der Waals surface area contributed by atoms with Crippen LogP contribution in [0.25, 0.3) is 0 Å². The minimum Gasteiger partial charge on any atom is -0.383 e. The first-order chi connectivity index (χ1) is 14.4. The molecule has 1 aromatic carbocycles. The molecular formula is C23H36IN5O2. The number of aromatic nitrogens is 2. The number of nitrogens with zero attached hydrogens (tertiary/aromatic N) is 3. The molecule has 3 unspecified atom stereocenters. The molecule has 2 aromatic rings. The molecule has 0 aliphatic carbocycles. The van der Waals surface area contributed by atoms with Crippen LogP contribution in [0.4, 0.5) is 0 Å². The van der Waals surface area contributed by atoms with E-state index in [-0.39, 0.29) is 36.6 Å². The van der Waals surface area contributed by atoms with E-state index in [0.717, 1.165) is 38.1 Å². The predicted octanol–water partition coefficient (Wildman–Crippen LogP) is 3.28. The molecule has 0 bridgehead atoms. The molecule has 1 fully saturated rings. The normalized spacial score (nSPS) is 21.1. The number of aryl methyl sites for hydroxylation is 2.